The van der Waals surface area contributed by atoms with E-state index in [0.29, 0.717) is 12.8 Å². The van der Waals surface area contributed by atoms with Gasteiger partial charge in [0.05, 0.1) is 12.0 Å². The molecule has 1 aliphatic carbocycles. The van der Waals surface area contributed by atoms with E-state index in [9.17, 15) is 28.8 Å². The zero-order valence-corrected chi connectivity index (χ0v) is 22.7. The molecule has 1 aromatic rings. The molecule has 0 saturated heterocycles. The highest BCUT2D eigenvalue weighted by atomic mass is 16.4. The number of rotatable bonds is 15. The SMILES string of the molecule is C[C@@](N)(CCCC(=O)O)C(=O)N[C@@H](Cc1ccccc1)C(=O)NC1(C(=O)N[C@@H](CC(N)=O)C(N)=O)CCCCC1. The maximum absolute atomic E-state index is 13.7. The first-order valence-corrected chi connectivity index (χ1v) is 13.3. The maximum Gasteiger partial charge on any atom is 0.303 e. The minimum absolute atomic E-state index is 0.0749. The molecule has 10 N–H and O–H groups in total. The van der Waals surface area contributed by atoms with E-state index >= 15 is 0 Å². The van der Waals surface area contributed by atoms with E-state index in [1.807, 2.05) is 0 Å². The second-order valence-electron chi connectivity index (χ2n) is 10.6. The minimum Gasteiger partial charge on any atom is -0.481 e. The van der Waals surface area contributed by atoms with Crippen LogP contribution < -0.4 is 33.2 Å². The first kappa shape index (κ1) is 32.2. The standard InChI is InChI=1S/C27H40N6O7/c1-26(30,12-8-11-21(35)36)24(39)32-19(15-17-9-4-2-5-10-17)23(38)33-27(13-6-3-7-14-27)25(40)31-18(22(29)37)16-20(28)34/h2,4-5,9-10,18-19H,3,6-8,11-16,30H2,1H3,(H2,28,34)(H2,29,37)(H,31,40)(H,32,39)(H,33,38)(H,35,36)/t18-,19-,26+/m0/s1. The van der Waals surface area contributed by atoms with Crippen LogP contribution in [0.5, 0.6) is 0 Å². The van der Waals surface area contributed by atoms with Crippen molar-refractivity contribution in [3.05, 3.63) is 35.9 Å². The molecule has 0 bridgehead atoms. The predicted octanol–water partition coefficient (Wildman–Crippen LogP) is -0.649. The number of carbonyl (C=O) groups is 6. The Bertz CT molecular complexity index is 1090. The van der Waals surface area contributed by atoms with Crippen LogP contribution in [0.15, 0.2) is 30.3 Å². The molecule has 0 aliphatic heterocycles. The van der Waals surface area contributed by atoms with Gasteiger partial charge in [0, 0.05) is 12.8 Å². The summed E-state index contributed by atoms with van der Waals surface area (Å²) in [5, 5.41) is 16.9. The lowest BCUT2D eigenvalue weighted by atomic mass is 9.80. The molecule has 1 aliphatic rings. The third-order valence-electron chi connectivity index (χ3n) is 7.07. The predicted molar refractivity (Wildman–Crippen MR) is 145 cm³/mol. The quantitative estimate of drug-likeness (QED) is 0.145. The van der Waals surface area contributed by atoms with Gasteiger partial charge in [-0.15, -0.1) is 0 Å². The third-order valence-corrected chi connectivity index (χ3v) is 7.07. The summed E-state index contributed by atoms with van der Waals surface area (Å²) in [6, 6.07) is 6.47. The largest absolute Gasteiger partial charge is 0.481 e. The van der Waals surface area contributed by atoms with Crippen LogP contribution in [0.2, 0.25) is 0 Å². The number of nitrogens with two attached hydrogens (primary N) is 3. The average Bonchev–Trinajstić information content (AvgIpc) is 2.88. The number of benzene rings is 1. The van der Waals surface area contributed by atoms with Crippen molar-refractivity contribution < 1.29 is 33.9 Å². The van der Waals surface area contributed by atoms with E-state index in [-0.39, 0.29) is 38.5 Å². The zero-order chi connectivity index (χ0) is 29.9. The molecule has 3 atom stereocenters. The van der Waals surface area contributed by atoms with Gasteiger partial charge >= 0.3 is 5.97 Å². The molecule has 0 radical (unpaired) electrons. The maximum atomic E-state index is 13.7. The molecule has 0 unspecified atom stereocenters. The molecule has 1 aromatic carbocycles. The number of hydrogen-bond acceptors (Lipinski definition) is 7. The van der Waals surface area contributed by atoms with Gasteiger partial charge in [-0.1, -0.05) is 49.6 Å². The van der Waals surface area contributed by atoms with Crippen molar-refractivity contribution in [1.82, 2.24) is 16.0 Å². The fourth-order valence-electron chi connectivity index (χ4n) is 4.71. The van der Waals surface area contributed by atoms with Crippen molar-refractivity contribution >= 4 is 35.5 Å². The zero-order valence-electron chi connectivity index (χ0n) is 22.7. The molecule has 13 heteroatoms. The van der Waals surface area contributed by atoms with Crippen LogP contribution in [0.1, 0.15) is 70.3 Å². The lowest BCUT2D eigenvalue weighted by molar-refractivity contribution is -0.139. The molecule has 0 spiro atoms. The smallest absolute Gasteiger partial charge is 0.303 e. The molecular weight excluding hydrogens is 520 g/mol. The molecule has 1 fully saturated rings. The highest BCUT2D eigenvalue weighted by molar-refractivity contribution is 5.98. The normalized spacial score (nSPS) is 17.4. The minimum atomic E-state index is -1.45. The van der Waals surface area contributed by atoms with Gasteiger partial charge in [0.25, 0.3) is 0 Å². The Morgan fingerprint density at radius 2 is 1.60 bits per heavy atom. The van der Waals surface area contributed by atoms with Gasteiger partial charge in [0.1, 0.15) is 17.6 Å². The van der Waals surface area contributed by atoms with Crippen molar-refractivity contribution in [2.45, 2.75) is 94.3 Å². The van der Waals surface area contributed by atoms with Crippen LogP contribution in [0.4, 0.5) is 0 Å². The number of aliphatic carboxylic acids is 1. The van der Waals surface area contributed by atoms with Crippen molar-refractivity contribution in [2.75, 3.05) is 0 Å². The number of carbonyl (C=O) groups excluding carboxylic acids is 5. The Labute approximate surface area is 233 Å². The Morgan fingerprint density at radius 3 is 2.15 bits per heavy atom. The summed E-state index contributed by atoms with van der Waals surface area (Å²) in [6.45, 7) is 1.46. The van der Waals surface area contributed by atoms with Crippen molar-refractivity contribution in [2.24, 2.45) is 17.2 Å². The van der Waals surface area contributed by atoms with Gasteiger partial charge < -0.3 is 38.3 Å². The number of primary amides is 2. The number of amides is 5. The number of nitrogens with one attached hydrogen (secondary N) is 3. The molecule has 40 heavy (non-hydrogen) atoms. The van der Waals surface area contributed by atoms with Crippen LogP contribution in [0.3, 0.4) is 0 Å². The second kappa shape index (κ2) is 14.4. The van der Waals surface area contributed by atoms with Crippen molar-refractivity contribution in [3.8, 4) is 0 Å². The van der Waals surface area contributed by atoms with Crippen LogP contribution in [0.25, 0.3) is 0 Å². The van der Waals surface area contributed by atoms with Crippen LogP contribution in [0, 0.1) is 0 Å². The summed E-state index contributed by atoms with van der Waals surface area (Å²) in [5.74, 6) is -4.74. The third kappa shape index (κ3) is 9.63. The van der Waals surface area contributed by atoms with Gasteiger partial charge in [-0.3, -0.25) is 28.8 Å². The molecular formula is C27H40N6O7. The Hall–Kier alpha value is -4.00. The van der Waals surface area contributed by atoms with E-state index in [2.05, 4.69) is 16.0 Å². The highest BCUT2D eigenvalue weighted by Gasteiger charge is 2.44. The molecule has 5 amide bonds. The average molecular weight is 561 g/mol. The van der Waals surface area contributed by atoms with E-state index in [4.69, 9.17) is 22.3 Å². The summed E-state index contributed by atoms with van der Waals surface area (Å²) in [6.07, 6.45) is 2.28. The van der Waals surface area contributed by atoms with Gasteiger partial charge in [-0.25, -0.2) is 0 Å². The summed E-state index contributed by atoms with van der Waals surface area (Å²) in [5.41, 5.74) is 14.6. The molecule has 1 saturated carbocycles. The van der Waals surface area contributed by atoms with Gasteiger partial charge in [0.15, 0.2) is 0 Å². The topological polar surface area (TPSA) is 237 Å². The van der Waals surface area contributed by atoms with Gasteiger partial charge in [-0.05, 0) is 38.2 Å². The number of carboxylic acids is 1. The molecule has 0 aromatic heterocycles. The molecule has 13 nitrogen and oxygen atoms in total. The molecule has 0 heterocycles. The number of carboxylic acid groups (broad SMARTS) is 1. The van der Waals surface area contributed by atoms with Crippen LogP contribution in [-0.4, -0.2) is 63.8 Å². The van der Waals surface area contributed by atoms with Crippen molar-refractivity contribution in [3.63, 3.8) is 0 Å². The van der Waals surface area contributed by atoms with Gasteiger partial charge in [0.2, 0.25) is 29.5 Å². The Morgan fingerprint density at radius 1 is 0.975 bits per heavy atom. The van der Waals surface area contributed by atoms with E-state index < -0.39 is 65.1 Å². The van der Waals surface area contributed by atoms with Gasteiger partial charge in [-0.2, -0.15) is 0 Å². The Kier molecular flexibility index (Phi) is 11.6. The van der Waals surface area contributed by atoms with E-state index in [1.54, 1.807) is 30.3 Å². The lowest BCUT2D eigenvalue weighted by Gasteiger charge is -2.38. The van der Waals surface area contributed by atoms with E-state index in [0.717, 1.165) is 12.0 Å². The first-order valence-electron chi connectivity index (χ1n) is 13.3. The molecule has 2 rings (SSSR count). The molecule has 220 valence electrons. The van der Waals surface area contributed by atoms with E-state index in [1.165, 1.54) is 6.92 Å². The summed E-state index contributed by atoms with van der Waals surface area (Å²) >= 11 is 0. The van der Waals surface area contributed by atoms with Crippen LogP contribution in [-0.2, 0) is 35.2 Å². The van der Waals surface area contributed by atoms with Crippen molar-refractivity contribution in [1.29, 1.82) is 0 Å². The second-order valence-corrected chi connectivity index (χ2v) is 10.6. The highest BCUT2D eigenvalue weighted by Crippen LogP contribution is 2.29. The summed E-state index contributed by atoms with van der Waals surface area (Å²) < 4.78 is 0. The fraction of sp³-hybridized carbons (Fsp3) is 0.556. The lowest BCUT2D eigenvalue weighted by Crippen LogP contribution is -2.66. The monoisotopic (exact) mass is 560 g/mol. The summed E-state index contributed by atoms with van der Waals surface area (Å²) in [4.78, 5) is 74.4. The van der Waals surface area contributed by atoms with Crippen LogP contribution >= 0.6 is 0 Å². The first-order chi connectivity index (χ1) is 18.8. The Balaban J connectivity index is 2.29. The summed E-state index contributed by atoms with van der Waals surface area (Å²) in [7, 11) is 0. The fourth-order valence-corrected chi connectivity index (χ4v) is 4.71. The number of hydrogen-bond donors (Lipinski definition) is 7.